The number of hydrogen-bond acceptors (Lipinski definition) is 8. The van der Waals surface area contributed by atoms with Gasteiger partial charge in [-0.05, 0) is 108 Å². The maximum absolute atomic E-state index is 12.9. The van der Waals surface area contributed by atoms with Crippen LogP contribution >= 0.6 is 31.9 Å². The molecule has 2 aromatic carbocycles. The van der Waals surface area contributed by atoms with Gasteiger partial charge >= 0.3 is 0 Å². The second-order valence-electron chi connectivity index (χ2n) is 12.6. The molecule has 50 heavy (non-hydrogen) atoms. The van der Waals surface area contributed by atoms with E-state index < -0.39 is 20.0 Å². The standard InChI is InChI=1S/2C18H24BrNO4S/c2*1-11(2)13-7-6-12(3)15(8-13)20-25(21,22)18-10-17(24-5)16(23-4)9-14(18)19/h2*9-10,13,15,20H,1,3,6-8H2,2,4-5H3/t2*13-,15+/m00/s1. The van der Waals surface area contributed by atoms with Crippen LogP contribution in [0.15, 0.2) is 91.6 Å². The summed E-state index contributed by atoms with van der Waals surface area (Å²) in [6.45, 7) is 20.0. The van der Waals surface area contributed by atoms with Gasteiger partial charge in [0.05, 0.1) is 28.4 Å². The summed E-state index contributed by atoms with van der Waals surface area (Å²) in [6.07, 6.45) is 4.87. The highest BCUT2D eigenvalue weighted by Gasteiger charge is 2.32. The van der Waals surface area contributed by atoms with E-state index in [0.717, 1.165) is 48.0 Å². The number of hydrogen-bond donors (Lipinski definition) is 2. The lowest BCUT2D eigenvalue weighted by molar-refractivity contribution is 0.353. The van der Waals surface area contributed by atoms with Gasteiger partial charge in [0, 0.05) is 33.2 Å². The minimum atomic E-state index is -3.75. The Hall–Kier alpha value is -2.62. The third kappa shape index (κ3) is 10.3. The first-order valence-electron chi connectivity index (χ1n) is 15.9. The summed E-state index contributed by atoms with van der Waals surface area (Å²) >= 11 is 6.62. The molecule has 4 rings (SSSR count). The quantitative estimate of drug-likeness (QED) is 0.205. The number of ether oxygens (including phenoxy) is 4. The van der Waals surface area contributed by atoms with Crippen molar-refractivity contribution in [2.45, 2.75) is 74.2 Å². The summed E-state index contributed by atoms with van der Waals surface area (Å²) < 4.78 is 78.9. The van der Waals surface area contributed by atoms with Crippen LogP contribution in [0.4, 0.5) is 0 Å². The molecule has 0 amide bonds. The average molecular weight is 861 g/mol. The molecule has 0 unspecified atom stereocenters. The summed E-state index contributed by atoms with van der Waals surface area (Å²) in [6, 6.07) is 5.46. The first-order chi connectivity index (χ1) is 23.4. The van der Waals surface area contributed by atoms with Crippen molar-refractivity contribution < 1.29 is 35.8 Å². The van der Waals surface area contributed by atoms with Crippen LogP contribution in [0.3, 0.4) is 0 Å². The van der Waals surface area contributed by atoms with E-state index in [1.165, 1.54) is 40.6 Å². The van der Waals surface area contributed by atoms with E-state index >= 15 is 0 Å². The Morgan fingerprint density at radius 3 is 1.22 bits per heavy atom. The Labute approximate surface area is 314 Å². The van der Waals surface area contributed by atoms with Gasteiger partial charge in [-0.1, -0.05) is 48.6 Å². The topological polar surface area (TPSA) is 129 Å². The average Bonchev–Trinajstić information content (AvgIpc) is 3.06. The van der Waals surface area contributed by atoms with E-state index in [1.807, 2.05) is 13.8 Å². The molecule has 2 N–H and O–H groups in total. The number of nitrogens with one attached hydrogen (secondary N) is 2. The summed E-state index contributed by atoms with van der Waals surface area (Å²) in [5.74, 6) is 2.22. The zero-order valence-corrected chi connectivity index (χ0v) is 34.3. The first-order valence-corrected chi connectivity index (χ1v) is 20.5. The smallest absolute Gasteiger partial charge is 0.242 e. The summed E-state index contributed by atoms with van der Waals surface area (Å²) in [7, 11) is -1.57. The van der Waals surface area contributed by atoms with Crippen LogP contribution in [-0.2, 0) is 20.0 Å². The van der Waals surface area contributed by atoms with Crippen molar-refractivity contribution >= 4 is 51.9 Å². The fourth-order valence-corrected chi connectivity index (χ4v) is 10.6. The van der Waals surface area contributed by atoms with Gasteiger partial charge in [-0.15, -0.1) is 0 Å². The minimum Gasteiger partial charge on any atom is -0.493 e. The molecule has 2 saturated carbocycles. The Balaban J connectivity index is 0.000000270. The molecule has 0 saturated heterocycles. The second-order valence-corrected chi connectivity index (χ2v) is 17.6. The predicted octanol–water partition coefficient (Wildman–Crippen LogP) is 8.09. The summed E-state index contributed by atoms with van der Waals surface area (Å²) in [5.41, 5.74) is 3.95. The second kappa shape index (κ2) is 17.7. The van der Waals surface area contributed by atoms with E-state index in [0.29, 0.717) is 56.6 Å². The normalized spacial score (nSPS) is 21.0. The molecule has 2 aliphatic rings. The van der Waals surface area contributed by atoms with Crippen LogP contribution in [0.25, 0.3) is 0 Å². The van der Waals surface area contributed by atoms with Crippen molar-refractivity contribution in [1.82, 2.24) is 9.44 Å². The molecule has 10 nitrogen and oxygen atoms in total. The van der Waals surface area contributed by atoms with E-state index in [-0.39, 0.29) is 21.9 Å². The molecule has 276 valence electrons. The van der Waals surface area contributed by atoms with Gasteiger partial charge in [-0.2, -0.15) is 0 Å². The molecule has 4 atom stereocenters. The SMILES string of the molecule is C=C(C)[C@H]1CCC(=C)[C@H](NS(=O)(=O)c2cc(OC)c(OC)cc2Br)C1.C=C(C)[C@H]1CCC(=C)[C@H](NS(=O)(=O)c2cc(OC)c(OC)cc2Br)C1. The molecule has 2 fully saturated rings. The molecule has 0 aromatic heterocycles. The maximum atomic E-state index is 12.9. The lowest BCUT2D eigenvalue weighted by Crippen LogP contribution is -2.40. The molecule has 2 aliphatic carbocycles. The fourth-order valence-electron chi connectivity index (χ4n) is 5.95. The van der Waals surface area contributed by atoms with Crippen LogP contribution in [0.5, 0.6) is 23.0 Å². The largest absolute Gasteiger partial charge is 0.493 e. The van der Waals surface area contributed by atoms with E-state index in [2.05, 4.69) is 67.6 Å². The van der Waals surface area contributed by atoms with Crippen LogP contribution < -0.4 is 28.4 Å². The highest BCUT2D eigenvalue weighted by Crippen LogP contribution is 2.39. The van der Waals surface area contributed by atoms with Crippen LogP contribution in [0, 0.1) is 11.8 Å². The van der Waals surface area contributed by atoms with Crippen molar-refractivity contribution in [1.29, 1.82) is 0 Å². The third-order valence-electron chi connectivity index (χ3n) is 9.10. The number of rotatable bonds is 12. The van der Waals surface area contributed by atoms with Gasteiger partial charge in [0.1, 0.15) is 9.79 Å². The molecular formula is C36H48Br2N2O8S2. The van der Waals surface area contributed by atoms with E-state index in [4.69, 9.17) is 18.9 Å². The van der Waals surface area contributed by atoms with Gasteiger partial charge in [0.2, 0.25) is 20.0 Å². The molecule has 0 bridgehead atoms. The van der Waals surface area contributed by atoms with Crippen LogP contribution in [-0.4, -0.2) is 57.4 Å². The highest BCUT2D eigenvalue weighted by molar-refractivity contribution is 9.10. The van der Waals surface area contributed by atoms with Crippen LogP contribution in [0.1, 0.15) is 52.4 Å². The summed E-state index contributed by atoms with van der Waals surface area (Å²) in [4.78, 5) is 0.214. The van der Waals surface area contributed by atoms with Gasteiger partial charge in [0.15, 0.2) is 23.0 Å². The highest BCUT2D eigenvalue weighted by atomic mass is 79.9. The molecule has 0 radical (unpaired) electrons. The van der Waals surface area contributed by atoms with Gasteiger partial charge in [-0.3, -0.25) is 0 Å². The van der Waals surface area contributed by atoms with Crippen molar-refractivity contribution in [2.24, 2.45) is 11.8 Å². The Kier molecular flexibility index (Phi) is 14.8. The Morgan fingerprint density at radius 1 is 0.640 bits per heavy atom. The number of halogens is 2. The molecule has 0 spiro atoms. The number of allylic oxidation sites excluding steroid dienone is 2. The van der Waals surface area contributed by atoms with Crippen molar-refractivity contribution in [2.75, 3.05) is 28.4 Å². The van der Waals surface area contributed by atoms with E-state index in [9.17, 15) is 16.8 Å². The monoisotopic (exact) mass is 858 g/mol. The molecule has 0 heterocycles. The lowest BCUT2D eigenvalue weighted by atomic mass is 9.80. The number of methoxy groups -OCH3 is 4. The first kappa shape index (κ1) is 41.8. The van der Waals surface area contributed by atoms with Gasteiger partial charge in [0.25, 0.3) is 0 Å². The number of sulfonamides is 2. The van der Waals surface area contributed by atoms with Crippen LogP contribution in [0.2, 0.25) is 0 Å². The lowest BCUT2D eigenvalue weighted by Gasteiger charge is -2.32. The van der Waals surface area contributed by atoms with Gasteiger partial charge < -0.3 is 18.9 Å². The van der Waals surface area contributed by atoms with Crippen molar-refractivity contribution in [3.05, 3.63) is 81.8 Å². The summed E-state index contributed by atoms with van der Waals surface area (Å²) in [5, 5.41) is 0. The molecular weight excluding hydrogens is 812 g/mol. The predicted molar refractivity (Wildman–Crippen MR) is 205 cm³/mol. The van der Waals surface area contributed by atoms with Gasteiger partial charge in [-0.25, -0.2) is 26.3 Å². The maximum Gasteiger partial charge on any atom is 0.242 e. The zero-order valence-electron chi connectivity index (χ0n) is 29.5. The zero-order chi connectivity index (χ0) is 37.6. The van der Waals surface area contributed by atoms with Crippen molar-refractivity contribution in [3.8, 4) is 23.0 Å². The third-order valence-corrected chi connectivity index (χ3v) is 14.0. The Morgan fingerprint density at radius 2 is 0.940 bits per heavy atom. The minimum absolute atomic E-state index is 0.107. The number of benzene rings is 2. The molecule has 2 aromatic rings. The molecule has 14 heteroatoms. The van der Waals surface area contributed by atoms with E-state index in [1.54, 1.807) is 12.1 Å². The fraction of sp³-hybridized carbons (Fsp3) is 0.444. The Bertz CT molecular complexity index is 1710. The van der Waals surface area contributed by atoms with Crippen molar-refractivity contribution in [3.63, 3.8) is 0 Å². The molecule has 0 aliphatic heterocycles.